The van der Waals surface area contributed by atoms with E-state index in [2.05, 4.69) is 34.1 Å². The Morgan fingerprint density at radius 2 is 2.07 bits per heavy atom. The van der Waals surface area contributed by atoms with Gasteiger partial charge in [-0.25, -0.2) is 4.98 Å². The highest BCUT2D eigenvalue weighted by Gasteiger charge is 2.39. The van der Waals surface area contributed by atoms with Crippen molar-refractivity contribution in [3.8, 4) is 0 Å². The van der Waals surface area contributed by atoms with Crippen molar-refractivity contribution in [3.63, 3.8) is 0 Å². The van der Waals surface area contributed by atoms with Crippen molar-refractivity contribution in [2.45, 2.75) is 38.7 Å². The predicted octanol–water partition coefficient (Wildman–Crippen LogP) is 1.68. The van der Waals surface area contributed by atoms with Crippen LogP contribution in [0.2, 0.25) is 0 Å². The second-order valence-electron chi connectivity index (χ2n) is 6.98. The fraction of sp³-hybridized carbons (Fsp3) is 0.368. The number of nitrogens with one attached hydrogen (secondary N) is 1. The molecule has 2 atom stereocenters. The quantitative estimate of drug-likeness (QED) is 0.727. The molecule has 0 saturated carbocycles. The lowest BCUT2D eigenvalue weighted by Gasteiger charge is -2.19. The van der Waals surface area contributed by atoms with Crippen LogP contribution in [0.3, 0.4) is 0 Å². The van der Waals surface area contributed by atoms with Gasteiger partial charge in [0.2, 0.25) is 0 Å². The number of amides is 1. The first kappa shape index (κ1) is 19.0. The van der Waals surface area contributed by atoms with Crippen molar-refractivity contribution in [2.75, 3.05) is 0 Å². The highest BCUT2D eigenvalue weighted by Crippen LogP contribution is 2.19. The predicted molar refractivity (Wildman–Crippen MR) is 103 cm³/mol. The van der Waals surface area contributed by atoms with E-state index in [1.54, 1.807) is 0 Å². The number of hydrogen-bond acceptors (Lipinski definition) is 6. The third-order valence-electron chi connectivity index (χ3n) is 4.26. The lowest BCUT2D eigenvalue weighted by atomic mass is 9.76. The molecule has 1 amide bonds. The maximum atomic E-state index is 12.6. The van der Waals surface area contributed by atoms with Crippen molar-refractivity contribution < 1.29 is 14.5 Å². The minimum Gasteiger partial charge on any atom is -0.523 e. The molecule has 3 rings (SSSR count). The Hall–Kier alpha value is -2.74. The normalized spacial score (nSPS) is 17.4. The fourth-order valence-electron chi connectivity index (χ4n) is 2.98. The van der Waals surface area contributed by atoms with E-state index in [1.807, 2.05) is 30.3 Å². The first-order valence-electron chi connectivity index (χ1n) is 9.06. The molecule has 1 aromatic carbocycles. The summed E-state index contributed by atoms with van der Waals surface area (Å²) in [5.74, 6) is 0.0242. The monoisotopic (exact) mass is 366 g/mol. The Morgan fingerprint density at radius 1 is 1.30 bits per heavy atom. The molecule has 2 N–H and O–H groups in total. The molecule has 0 unspecified atom stereocenters. The lowest BCUT2D eigenvalue weighted by molar-refractivity contribution is 0.0939. The number of aliphatic imine (C=N–C) groups is 1. The zero-order valence-electron chi connectivity index (χ0n) is 15.4. The second kappa shape index (κ2) is 8.77. The van der Waals surface area contributed by atoms with Crippen molar-refractivity contribution in [3.05, 3.63) is 60.2 Å². The van der Waals surface area contributed by atoms with Crippen LogP contribution in [-0.4, -0.2) is 45.9 Å². The number of nitrogens with zero attached hydrogens (tertiary/aromatic N) is 3. The number of rotatable bonds is 7. The van der Waals surface area contributed by atoms with Crippen LogP contribution in [0.15, 0.2) is 53.9 Å². The van der Waals surface area contributed by atoms with Crippen LogP contribution in [0.5, 0.6) is 0 Å². The Bertz CT molecular complexity index is 786. The molecular weight excluding hydrogens is 343 g/mol. The molecule has 0 spiro atoms. The van der Waals surface area contributed by atoms with Crippen LogP contribution in [-0.2, 0) is 11.1 Å². The van der Waals surface area contributed by atoms with Crippen LogP contribution in [0.4, 0.5) is 0 Å². The van der Waals surface area contributed by atoms with Gasteiger partial charge in [-0.1, -0.05) is 44.2 Å². The summed E-state index contributed by atoms with van der Waals surface area (Å²) >= 11 is 0. The zero-order chi connectivity index (χ0) is 19.2. The number of carbonyl (C=O) groups excluding carboxylic acids is 1. The van der Waals surface area contributed by atoms with Crippen molar-refractivity contribution in [1.82, 2.24) is 15.3 Å². The van der Waals surface area contributed by atoms with Crippen molar-refractivity contribution in [1.29, 1.82) is 0 Å². The van der Waals surface area contributed by atoms with E-state index < -0.39 is 13.2 Å². The van der Waals surface area contributed by atoms with E-state index in [1.165, 1.54) is 18.6 Å². The number of benzene rings is 1. The molecule has 1 aliphatic heterocycles. The minimum absolute atomic E-state index is 0.216. The minimum atomic E-state index is -0.992. The molecular formula is C19H23BN4O3. The van der Waals surface area contributed by atoms with Gasteiger partial charge in [0.25, 0.3) is 5.91 Å². The molecule has 0 saturated heterocycles. The van der Waals surface area contributed by atoms with E-state index in [4.69, 9.17) is 4.65 Å². The summed E-state index contributed by atoms with van der Waals surface area (Å²) in [6.45, 7) is 4.13. The first-order valence-corrected chi connectivity index (χ1v) is 9.06. The van der Waals surface area contributed by atoms with Crippen molar-refractivity contribution in [2.24, 2.45) is 10.9 Å². The fourth-order valence-corrected chi connectivity index (χ4v) is 2.98. The van der Waals surface area contributed by atoms with Crippen LogP contribution < -0.4 is 5.32 Å². The van der Waals surface area contributed by atoms with Gasteiger partial charge in [-0.3, -0.25) is 14.8 Å². The summed E-state index contributed by atoms with van der Waals surface area (Å²) < 4.78 is 5.60. The van der Waals surface area contributed by atoms with Gasteiger partial charge in [-0.05, 0) is 17.9 Å². The summed E-state index contributed by atoms with van der Waals surface area (Å²) in [5, 5.41) is 13.1. The largest absolute Gasteiger partial charge is 0.550 e. The Labute approximate surface area is 159 Å². The molecule has 1 aliphatic rings. The standard InChI is InChI=1S/C19H23BN4O3/c1-13(2)10-17-20(26)27-19(24-17)15(11-14-6-4-3-5-7-14)23-18(25)16-12-21-8-9-22-16/h3-9,12-13,15,17,26H,10-11H2,1-2H3,(H,23,25)/t15-,17-/m0/s1. The molecule has 8 heteroatoms. The summed E-state index contributed by atoms with van der Waals surface area (Å²) in [6, 6.07) is 9.24. The van der Waals surface area contributed by atoms with Gasteiger partial charge in [0.1, 0.15) is 17.7 Å². The van der Waals surface area contributed by atoms with Crippen LogP contribution >= 0.6 is 0 Å². The van der Waals surface area contributed by atoms with Crippen molar-refractivity contribution >= 4 is 18.9 Å². The summed E-state index contributed by atoms with van der Waals surface area (Å²) in [7, 11) is -0.992. The molecule has 2 aromatic rings. The molecule has 7 nitrogen and oxygen atoms in total. The Kier molecular flexibility index (Phi) is 6.18. The van der Waals surface area contributed by atoms with E-state index in [0.29, 0.717) is 24.7 Å². The molecule has 0 radical (unpaired) electrons. The summed E-state index contributed by atoms with van der Waals surface area (Å²) in [6.07, 6.45) is 5.58. The van der Waals surface area contributed by atoms with E-state index in [0.717, 1.165) is 5.56 Å². The maximum absolute atomic E-state index is 12.6. The second-order valence-corrected chi connectivity index (χ2v) is 6.98. The van der Waals surface area contributed by atoms with Gasteiger partial charge in [0.15, 0.2) is 5.90 Å². The van der Waals surface area contributed by atoms with Gasteiger partial charge in [-0.15, -0.1) is 0 Å². The SMILES string of the molecule is CC(C)C[C@@H]1N=C([C@H](Cc2ccccc2)NC(=O)c2cnccn2)OB1O. The smallest absolute Gasteiger partial charge is 0.523 e. The summed E-state index contributed by atoms with van der Waals surface area (Å²) in [5.41, 5.74) is 1.24. The molecule has 0 aliphatic carbocycles. The number of hydrogen-bond donors (Lipinski definition) is 2. The van der Waals surface area contributed by atoms with Crippen LogP contribution in [0, 0.1) is 5.92 Å². The molecule has 1 aromatic heterocycles. The molecule has 140 valence electrons. The topological polar surface area (TPSA) is 96.7 Å². The van der Waals surface area contributed by atoms with Crippen LogP contribution in [0.1, 0.15) is 36.3 Å². The Morgan fingerprint density at radius 3 is 2.74 bits per heavy atom. The van der Waals surface area contributed by atoms with Gasteiger partial charge < -0.3 is 15.0 Å². The van der Waals surface area contributed by atoms with Crippen LogP contribution in [0.25, 0.3) is 0 Å². The van der Waals surface area contributed by atoms with E-state index in [-0.39, 0.29) is 17.5 Å². The van der Waals surface area contributed by atoms with E-state index >= 15 is 0 Å². The van der Waals surface area contributed by atoms with Gasteiger partial charge >= 0.3 is 7.12 Å². The average Bonchev–Trinajstić information content (AvgIpc) is 3.02. The summed E-state index contributed by atoms with van der Waals surface area (Å²) in [4.78, 5) is 25.1. The molecule has 0 bridgehead atoms. The average molecular weight is 366 g/mol. The maximum Gasteiger partial charge on any atom is 0.550 e. The Balaban J connectivity index is 1.80. The molecule has 2 heterocycles. The molecule has 0 fully saturated rings. The first-order chi connectivity index (χ1) is 13.0. The van der Waals surface area contributed by atoms with Gasteiger partial charge in [0.05, 0.1) is 6.20 Å². The van der Waals surface area contributed by atoms with Gasteiger partial charge in [-0.2, -0.15) is 0 Å². The van der Waals surface area contributed by atoms with E-state index in [9.17, 15) is 9.82 Å². The third kappa shape index (κ3) is 5.13. The highest BCUT2D eigenvalue weighted by molar-refractivity contribution is 6.49. The molecule has 27 heavy (non-hydrogen) atoms. The zero-order valence-corrected chi connectivity index (χ0v) is 15.4. The highest BCUT2D eigenvalue weighted by atomic mass is 16.5. The van der Waals surface area contributed by atoms with Gasteiger partial charge in [0, 0.05) is 18.8 Å². The number of carbonyl (C=O) groups is 1. The third-order valence-corrected chi connectivity index (χ3v) is 4.26. The number of aromatic nitrogens is 2. The lowest BCUT2D eigenvalue weighted by Crippen LogP contribution is -2.43.